The fourth-order valence-electron chi connectivity index (χ4n) is 3.98. The number of benzene rings is 2. The van der Waals surface area contributed by atoms with Gasteiger partial charge in [0, 0.05) is 19.3 Å². The maximum Gasteiger partial charge on any atom is 0.416 e. The monoisotopic (exact) mass is 463 g/mol. The normalized spacial score (nSPS) is 16.0. The molecule has 32 heavy (non-hydrogen) atoms. The molecule has 2 aromatic carbocycles. The Kier molecular flexibility index (Phi) is 6.01. The van der Waals surface area contributed by atoms with Crippen LogP contribution in [0.1, 0.15) is 29.7 Å². The van der Waals surface area contributed by atoms with Crippen molar-refractivity contribution in [2.75, 3.05) is 18.5 Å². The van der Waals surface area contributed by atoms with Crippen LogP contribution in [0.3, 0.4) is 0 Å². The van der Waals surface area contributed by atoms with E-state index in [2.05, 4.69) is 10.4 Å². The Labute approximate surface area is 188 Å². The van der Waals surface area contributed by atoms with Crippen LogP contribution in [0.25, 0.3) is 5.69 Å². The van der Waals surface area contributed by atoms with E-state index in [1.165, 1.54) is 10.7 Å². The van der Waals surface area contributed by atoms with E-state index in [1.807, 2.05) is 30.3 Å². The lowest BCUT2D eigenvalue weighted by Crippen LogP contribution is -2.45. The minimum Gasteiger partial charge on any atom is -0.381 e. The lowest BCUT2D eigenvalue weighted by molar-refractivity contribution is -0.137. The number of anilines is 1. The van der Waals surface area contributed by atoms with Crippen molar-refractivity contribution in [3.05, 3.63) is 76.4 Å². The first-order valence-corrected chi connectivity index (χ1v) is 10.5. The predicted molar refractivity (Wildman–Crippen MR) is 115 cm³/mol. The molecule has 0 spiro atoms. The lowest BCUT2D eigenvalue weighted by Gasteiger charge is -2.36. The van der Waals surface area contributed by atoms with Crippen LogP contribution in [-0.4, -0.2) is 28.9 Å². The zero-order chi connectivity index (χ0) is 22.9. The van der Waals surface area contributed by atoms with Crippen molar-refractivity contribution < 1.29 is 22.7 Å². The van der Waals surface area contributed by atoms with Crippen LogP contribution in [-0.2, 0) is 21.1 Å². The van der Waals surface area contributed by atoms with Crippen LogP contribution in [0, 0.1) is 6.92 Å². The van der Waals surface area contributed by atoms with Gasteiger partial charge in [0.1, 0.15) is 5.82 Å². The van der Waals surface area contributed by atoms with Crippen LogP contribution in [0.15, 0.2) is 54.6 Å². The molecule has 1 fully saturated rings. The zero-order valence-electron chi connectivity index (χ0n) is 17.2. The summed E-state index contributed by atoms with van der Waals surface area (Å²) in [5.41, 5.74) is -0.256. The first-order valence-electron chi connectivity index (χ1n) is 10.1. The lowest BCUT2D eigenvalue weighted by atomic mass is 9.73. The summed E-state index contributed by atoms with van der Waals surface area (Å²) in [5, 5.41) is 7.26. The van der Waals surface area contributed by atoms with Crippen molar-refractivity contribution in [3.63, 3.8) is 0 Å². The number of amides is 1. The predicted octanol–water partition coefficient (Wildman–Crippen LogP) is 5.54. The highest BCUT2D eigenvalue weighted by atomic mass is 35.5. The van der Waals surface area contributed by atoms with Gasteiger partial charge >= 0.3 is 6.18 Å². The second kappa shape index (κ2) is 8.60. The van der Waals surface area contributed by atoms with Crippen molar-refractivity contribution >= 4 is 23.3 Å². The third-order valence-corrected chi connectivity index (χ3v) is 6.00. The highest BCUT2D eigenvalue weighted by Crippen LogP contribution is 2.37. The molecule has 0 saturated carbocycles. The molecule has 0 unspecified atom stereocenters. The van der Waals surface area contributed by atoms with E-state index < -0.39 is 17.2 Å². The molecule has 5 nitrogen and oxygen atoms in total. The molecular formula is C23H21ClF3N3O2. The van der Waals surface area contributed by atoms with E-state index in [9.17, 15) is 18.0 Å². The first-order chi connectivity index (χ1) is 15.2. The second-order valence-corrected chi connectivity index (χ2v) is 8.17. The minimum atomic E-state index is -4.54. The van der Waals surface area contributed by atoms with Gasteiger partial charge in [0.05, 0.1) is 27.4 Å². The molecule has 3 aromatic rings. The summed E-state index contributed by atoms with van der Waals surface area (Å²) in [6, 6.07) is 14.0. The molecule has 2 heterocycles. The highest BCUT2D eigenvalue weighted by Gasteiger charge is 2.42. The number of alkyl halides is 3. The summed E-state index contributed by atoms with van der Waals surface area (Å²) in [6.07, 6.45) is -3.56. The van der Waals surface area contributed by atoms with Gasteiger partial charge in [-0.2, -0.15) is 18.3 Å². The van der Waals surface area contributed by atoms with Gasteiger partial charge in [-0.05, 0) is 43.5 Å². The summed E-state index contributed by atoms with van der Waals surface area (Å²) in [6.45, 7) is 2.55. The largest absolute Gasteiger partial charge is 0.416 e. The quantitative estimate of drug-likeness (QED) is 0.552. The number of aryl methyl sites for hydroxylation is 1. The molecule has 0 atom stereocenters. The van der Waals surface area contributed by atoms with E-state index in [0.717, 1.165) is 17.7 Å². The van der Waals surface area contributed by atoms with Gasteiger partial charge in [0.25, 0.3) is 0 Å². The zero-order valence-corrected chi connectivity index (χ0v) is 18.0. The number of hydrogen-bond donors (Lipinski definition) is 1. The molecule has 1 aromatic heterocycles. The van der Waals surface area contributed by atoms with Gasteiger partial charge < -0.3 is 10.1 Å². The molecule has 1 aliphatic rings. The Morgan fingerprint density at radius 2 is 1.81 bits per heavy atom. The molecule has 168 valence electrons. The van der Waals surface area contributed by atoms with Crippen LogP contribution in [0.5, 0.6) is 0 Å². The topological polar surface area (TPSA) is 56.1 Å². The van der Waals surface area contributed by atoms with Gasteiger partial charge in [-0.3, -0.25) is 4.79 Å². The SMILES string of the molecule is Cc1cc(NC(=O)C2(c3ccccc3)CCOCC2)n(-c2cc(C(F)(F)F)ccc2Cl)n1. The van der Waals surface area contributed by atoms with Crippen LogP contribution < -0.4 is 5.32 Å². The van der Waals surface area contributed by atoms with Crippen LogP contribution in [0.2, 0.25) is 5.02 Å². The van der Waals surface area contributed by atoms with Gasteiger partial charge in [0.2, 0.25) is 5.91 Å². The van der Waals surface area contributed by atoms with Gasteiger partial charge in [-0.15, -0.1) is 0 Å². The Hall–Kier alpha value is -2.84. The van der Waals surface area contributed by atoms with Crippen molar-refractivity contribution in [2.24, 2.45) is 0 Å². The van der Waals surface area contributed by atoms with Gasteiger partial charge in [-0.1, -0.05) is 41.9 Å². The molecule has 1 saturated heterocycles. The third-order valence-electron chi connectivity index (χ3n) is 5.68. The number of hydrogen-bond acceptors (Lipinski definition) is 3. The standard InChI is InChI=1S/C23H21ClF3N3O2/c1-15-13-20(30(29-15)19-14-17(23(25,26)27)7-8-18(19)24)28-21(31)22(9-11-32-12-10-22)16-5-3-2-4-6-16/h2-8,13-14H,9-12H2,1H3,(H,28,31). The van der Waals surface area contributed by atoms with Crippen molar-refractivity contribution in [3.8, 4) is 5.69 Å². The fraction of sp³-hybridized carbons (Fsp3) is 0.304. The summed E-state index contributed by atoms with van der Waals surface area (Å²) in [5.74, 6) is -0.0215. The van der Waals surface area contributed by atoms with Crippen LogP contribution >= 0.6 is 11.6 Å². The Morgan fingerprint density at radius 3 is 2.47 bits per heavy atom. The van der Waals surface area contributed by atoms with Gasteiger partial charge in [-0.25, -0.2) is 4.68 Å². The van der Waals surface area contributed by atoms with Gasteiger partial charge in [0.15, 0.2) is 0 Å². The molecule has 1 aliphatic heterocycles. The maximum absolute atomic E-state index is 13.6. The highest BCUT2D eigenvalue weighted by molar-refractivity contribution is 6.32. The number of carbonyl (C=O) groups excluding carboxylic acids is 1. The average molecular weight is 464 g/mol. The number of nitrogens with one attached hydrogen (secondary N) is 1. The Morgan fingerprint density at radius 1 is 1.12 bits per heavy atom. The number of rotatable bonds is 4. The Balaban J connectivity index is 1.73. The minimum absolute atomic E-state index is 0.0330. The number of halogens is 4. The number of carbonyl (C=O) groups is 1. The molecule has 9 heteroatoms. The average Bonchev–Trinajstić information content (AvgIpc) is 3.14. The Bertz CT molecular complexity index is 1120. The van der Waals surface area contributed by atoms with E-state index >= 15 is 0 Å². The summed E-state index contributed by atoms with van der Waals surface area (Å²) in [7, 11) is 0. The van der Waals surface area contributed by atoms with E-state index in [0.29, 0.717) is 31.7 Å². The number of ether oxygens (including phenoxy) is 1. The molecule has 0 aliphatic carbocycles. The summed E-state index contributed by atoms with van der Waals surface area (Å²) < 4.78 is 46.5. The van der Waals surface area contributed by atoms with E-state index in [-0.39, 0.29) is 22.4 Å². The number of aromatic nitrogens is 2. The van der Waals surface area contributed by atoms with E-state index in [4.69, 9.17) is 16.3 Å². The maximum atomic E-state index is 13.6. The smallest absolute Gasteiger partial charge is 0.381 e. The third kappa shape index (κ3) is 4.25. The fourth-order valence-corrected chi connectivity index (χ4v) is 4.18. The van der Waals surface area contributed by atoms with Crippen LogP contribution in [0.4, 0.5) is 19.0 Å². The summed E-state index contributed by atoms with van der Waals surface area (Å²) >= 11 is 6.21. The van der Waals surface area contributed by atoms with E-state index in [1.54, 1.807) is 13.0 Å². The molecular weight excluding hydrogens is 443 g/mol. The first kappa shape index (κ1) is 22.4. The molecule has 4 rings (SSSR count). The van der Waals surface area contributed by atoms with Crippen molar-refractivity contribution in [1.82, 2.24) is 9.78 Å². The molecule has 0 bridgehead atoms. The van der Waals surface area contributed by atoms with Crippen molar-refractivity contribution in [2.45, 2.75) is 31.4 Å². The molecule has 0 radical (unpaired) electrons. The molecule has 1 N–H and O–H groups in total. The van der Waals surface area contributed by atoms with Crippen molar-refractivity contribution in [1.29, 1.82) is 0 Å². The molecule has 1 amide bonds. The second-order valence-electron chi connectivity index (χ2n) is 7.76. The number of nitrogens with zero attached hydrogens (tertiary/aromatic N) is 2. The summed E-state index contributed by atoms with van der Waals surface area (Å²) in [4.78, 5) is 13.6.